The second kappa shape index (κ2) is 8.13. The van der Waals surface area contributed by atoms with Crippen LogP contribution in [0.2, 0.25) is 0 Å². The average Bonchev–Trinajstić information content (AvgIpc) is 3.01. The number of ether oxygens (including phenoxy) is 1. The standard InChI is InChI=1S/C23H24N2O3/c1-14-20(16(3)26)15(2)24-21(14)23(27)25-22(17-8-6-5-7-9-17)18-10-12-19(28-4)13-11-18/h5-13,22,24H,1-4H3,(H,25,27)/t22-/m0/s1. The van der Waals surface area contributed by atoms with Crippen molar-refractivity contribution in [1.29, 1.82) is 0 Å². The van der Waals surface area contributed by atoms with Crippen molar-refractivity contribution in [3.63, 3.8) is 0 Å². The number of methoxy groups -OCH3 is 1. The fourth-order valence-corrected chi connectivity index (χ4v) is 3.51. The van der Waals surface area contributed by atoms with Crippen LogP contribution < -0.4 is 10.1 Å². The SMILES string of the molecule is COc1ccc([C@@H](NC(=O)c2[nH]c(C)c(C(C)=O)c2C)c2ccccc2)cc1. The molecule has 0 aliphatic rings. The number of aryl methyl sites for hydroxylation is 1. The maximum absolute atomic E-state index is 13.1. The van der Waals surface area contributed by atoms with Gasteiger partial charge in [-0.3, -0.25) is 9.59 Å². The normalized spacial score (nSPS) is 11.7. The summed E-state index contributed by atoms with van der Waals surface area (Å²) in [6.45, 7) is 5.10. The van der Waals surface area contributed by atoms with Crippen LogP contribution in [0.1, 0.15) is 56.2 Å². The monoisotopic (exact) mass is 376 g/mol. The van der Waals surface area contributed by atoms with E-state index >= 15 is 0 Å². The van der Waals surface area contributed by atoms with E-state index in [9.17, 15) is 9.59 Å². The number of rotatable bonds is 6. The number of carbonyl (C=O) groups excluding carboxylic acids is 2. The molecule has 28 heavy (non-hydrogen) atoms. The van der Waals surface area contributed by atoms with Crippen LogP contribution in [0.25, 0.3) is 0 Å². The van der Waals surface area contributed by atoms with E-state index in [1.54, 1.807) is 21.0 Å². The summed E-state index contributed by atoms with van der Waals surface area (Å²) in [6.07, 6.45) is 0. The quantitative estimate of drug-likeness (QED) is 0.628. The number of aromatic amines is 1. The van der Waals surface area contributed by atoms with Gasteiger partial charge in [0, 0.05) is 11.3 Å². The molecule has 1 amide bonds. The molecule has 0 fully saturated rings. The molecule has 0 spiro atoms. The summed E-state index contributed by atoms with van der Waals surface area (Å²) in [5.41, 5.74) is 4.27. The first kappa shape index (κ1) is 19.4. The number of Topliss-reactive ketones (excluding diaryl/α,β-unsaturated/α-hetero) is 1. The van der Waals surface area contributed by atoms with E-state index in [-0.39, 0.29) is 17.7 Å². The van der Waals surface area contributed by atoms with E-state index in [1.165, 1.54) is 6.92 Å². The van der Waals surface area contributed by atoms with Gasteiger partial charge >= 0.3 is 0 Å². The molecular weight excluding hydrogens is 352 g/mol. The van der Waals surface area contributed by atoms with Crippen molar-refractivity contribution in [3.8, 4) is 5.75 Å². The minimum atomic E-state index is -0.330. The highest BCUT2D eigenvalue weighted by Crippen LogP contribution is 2.26. The first-order valence-corrected chi connectivity index (χ1v) is 9.12. The molecule has 0 bridgehead atoms. The zero-order chi connectivity index (χ0) is 20.3. The number of benzene rings is 2. The Bertz CT molecular complexity index is 989. The largest absolute Gasteiger partial charge is 0.497 e. The fraction of sp³-hybridized carbons (Fsp3) is 0.217. The highest BCUT2D eigenvalue weighted by atomic mass is 16.5. The van der Waals surface area contributed by atoms with E-state index in [0.29, 0.717) is 22.5 Å². The molecule has 5 nitrogen and oxygen atoms in total. The third-order valence-corrected chi connectivity index (χ3v) is 4.87. The Balaban J connectivity index is 1.97. The summed E-state index contributed by atoms with van der Waals surface area (Å²) in [5, 5.41) is 3.10. The van der Waals surface area contributed by atoms with Crippen LogP contribution in [0.3, 0.4) is 0 Å². The lowest BCUT2D eigenvalue weighted by molar-refractivity contribution is 0.0937. The van der Waals surface area contributed by atoms with Crippen LogP contribution in [0, 0.1) is 13.8 Å². The first-order valence-electron chi connectivity index (χ1n) is 9.12. The van der Waals surface area contributed by atoms with E-state index in [2.05, 4.69) is 10.3 Å². The van der Waals surface area contributed by atoms with Crippen molar-refractivity contribution >= 4 is 11.7 Å². The number of H-pyrrole nitrogens is 1. The van der Waals surface area contributed by atoms with Gasteiger partial charge in [-0.05, 0) is 49.6 Å². The first-order chi connectivity index (χ1) is 13.4. The topological polar surface area (TPSA) is 71.2 Å². The van der Waals surface area contributed by atoms with Crippen molar-refractivity contribution in [1.82, 2.24) is 10.3 Å². The van der Waals surface area contributed by atoms with E-state index in [4.69, 9.17) is 4.74 Å². The molecule has 0 saturated carbocycles. The smallest absolute Gasteiger partial charge is 0.268 e. The summed E-state index contributed by atoms with van der Waals surface area (Å²) in [7, 11) is 1.62. The van der Waals surface area contributed by atoms with Crippen molar-refractivity contribution in [2.45, 2.75) is 26.8 Å². The molecule has 5 heteroatoms. The van der Waals surface area contributed by atoms with Gasteiger partial charge in [0.1, 0.15) is 11.4 Å². The van der Waals surface area contributed by atoms with Crippen LogP contribution in [-0.4, -0.2) is 23.8 Å². The lowest BCUT2D eigenvalue weighted by Crippen LogP contribution is -2.30. The number of aromatic nitrogens is 1. The van der Waals surface area contributed by atoms with Gasteiger partial charge in [-0.15, -0.1) is 0 Å². The van der Waals surface area contributed by atoms with E-state index < -0.39 is 0 Å². The highest BCUT2D eigenvalue weighted by Gasteiger charge is 2.23. The Morgan fingerprint density at radius 1 is 0.964 bits per heavy atom. The maximum Gasteiger partial charge on any atom is 0.268 e. The molecule has 0 radical (unpaired) electrons. The minimum absolute atomic E-state index is 0.0555. The van der Waals surface area contributed by atoms with Crippen molar-refractivity contribution < 1.29 is 14.3 Å². The van der Waals surface area contributed by atoms with Gasteiger partial charge in [0.15, 0.2) is 5.78 Å². The molecule has 3 rings (SSSR count). The van der Waals surface area contributed by atoms with Gasteiger partial charge in [-0.1, -0.05) is 42.5 Å². The summed E-state index contributed by atoms with van der Waals surface area (Å²) >= 11 is 0. The molecule has 1 atom stereocenters. The third kappa shape index (κ3) is 3.83. The second-order valence-corrected chi connectivity index (χ2v) is 6.77. The Kier molecular flexibility index (Phi) is 5.64. The van der Waals surface area contributed by atoms with Gasteiger partial charge in [0.2, 0.25) is 0 Å². The Hall–Kier alpha value is -3.34. The van der Waals surface area contributed by atoms with Crippen LogP contribution in [0.4, 0.5) is 0 Å². The summed E-state index contributed by atoms with van der Waals surface area (Å²) in [6, 6.07) is 17.1. The maximum atomic E-state index is 13.1. The molecule has 2 aromatic carbocycles. The van der Waals surface area contributed by atoms with E-state index in [0.717, 1.165) is 16.9 Å². The molecule has 2 N–H and O–H groups in total. The number of ketones is 1. The van der Waals surface area contributed by atoms with Crippen LogP contribution in [0.15, 0.2) is 54.6 Å². The zero-order valence-electron chi connectivity index (χ0n) is 16.5. The lowest BCUT2D eigenvalue weighted by Gasteiger charge is -2.20. The van der Waals surface area contributed by atoms with Gasteiger partial charge < -0.3 is 15.0 Å². The molecule has 1 aromatic heterocycles. The van der Waals surface area contributed by atoms with Crippen molar-refractivity contribution in [2.24, 2.45) is 0 Å². The highest BCUT2D eigenvalue weighted by molar-refractivity contribution is 6.02. The molecule has 0 aliphatic heterocycles. The number of carbonyl (C=O) groups is 2. The molecule has 0 unspecified atom stereocenters. The molecule has 1 heterocycles. The van der Waals surface area contributed by atoms with Crippen molar-refractivity contribution in [3.05, 3.63) is 88.2 Å². The number of hydrogen-bond acceptors (Lipinski definition) is 3. The molecule has 144 valence electrons. The molecule has 3 aromatic rings. The number of amides is 1. The average molecular weight is 376 g/mol. The predicted molar refractivity (Wildman–Crippen MR) is 109 cm³/mol. The lowest BCUT2D eigenvalue weighted by atomic mass is 9.98. The summed E-state index contributed by atoms with van der Waals surface area (Å²) in [5.74, 6) is 0.446. The molecular formula is C23H24N2O3. The van der Waals surface area contributed by atoms with Crippen LogP contribution in [0.5, 0.6) is 5.75 Å². The predicted octanol–water partition coefficient (Wildman–Crippen LogP) is 4.36. The van der Waals surface area contributed by atoms with Gasteiger partial charge in [-0.2, -0.15) is 0 Å². The fourth-order valence-electron chi connectivity index (χ4n) is 3.51. The third-order valence-electron chi connectivity index (χ3n) is 4.87. The molecule has 0 saturated heterocycles. The summed E-state index contributed by atoms with van der Waals surface area (Å²) in [4.78, 5) is 28.0. The second-order valence-electron chi connectivity index (χ2n) is 6.77. The van der Waals surface area contributed by atoms with Gasteiger partial charge in [-0.25, -0.2) is 0 Å². The Morgan fingerprint density at radius 2 is 1.57 bits per heavy atom. The van der Waals surface area contributed by atoms with Crippen molar-refractivity contribution in [2.75, 3.05) is 7.11 Å². The van der Waals surface area contributed by atoms with Gasteiger partial charge in [0.05, 0.1) is 13.2 Å². The Morgan fingerprint density at radius 3 is 2.11 bits per heavy atom. The summed E-state index contributed by atoms with van der Waals surface area (Å²) < 4.78 is 5.23. The zero-order valence-corrected chi connectivity index (χ0v) is 16.5. The Labute approximate surface area is 164 Å². The number of hydrogen-bond donors (Lipinski definition) is 2. The number of nitrogens with one attached hydrogen (secondary N) is 2. The van der Waals surface area contributed by atoms with E-state index in [1.807, 2.05) is 54.6 Å². The molecule has 0 aliphatic carbocycles. The minimum Gasteiger partial charge on any atom is -0.497 e. The van der Waals surface area contributed by atoms with Crippen LogP contribution in [-0.2, 0) is 0 Å². The van der Waals surface area contributed by atoms with Crippen LogP contribution >= 0.6 is 0 Å². The van der Waals surface area contributed by atoms with Gasteiger partial charge in [0.25, 0.3) is 5.91 Å².